The Kier molecular flexibility index (Phi) is 4.05. The monoisotopic (exact) mass is 250 g/mol. The van der Waals surface area contributed by atoms with Crippen molar-refractivity contribution in [3.63, 3.8) is 0 Å². The zero-order valence-corrected chi connectivity index (χ0v) is 10.0. The lowest BCUT2D eigenvalue weighted by Gasteiger charge is -2.08. The molecule has 1 rings (SSSR count). The summed E-state index contributed by atoms with van der Waals surface area (Å²) in [5.74, 6) is 0. The molecule has 0 atom stereocenters. The van der Waals surface area contributed by atoms with Crippen molar-refractivity contribution in [1.29, 1.82) is 0 Å². The molecule has 0 aliphatic carbocycles. The van der Waals surface area contributed by atoms with Crippen LogP contribution in [0, 0.1) is 0 Å². The number of halogens is 3. The van der Waals surface area contributed by atoms with Crippen LogP contribution in [0.5, 0.6) is 0 Å². The molecular weight excluding hydrogens is 242 g/mol. The molecule has 0 saturated heterocycles. The molecule has 14 heavy (non-hydrogen) atoms. The Bertz CT molecular complexity index is 361. The van der Waals surface area contributed by atoms with Crippen LogP contribution >= 0.6 is 34.8 Å². The summed E-state index contributed by atoms with van der Waals surface area (Å²) >= 11 is 17.4. The molecule has 0 aromatic heterocycles. The smallest absolute Gasteiger partial charge is 0.198 e. The second kappa shape index (κ2) is 4.87. The van der Waals surface area contributed by atoms with E-state index in [1.165, 1.54) is 0 Å². The molecule has 0 bridgehead atoms. The largest absolute Gasteiger partial charge is 0.353 e. The van der Waals surface area contributed by atoms with Gasteiger partial charge >= 0.3 is 0 Å². The molecule has 0 saturated carbocycles. The van der Waals surface area contributed by atoms with Crippen LogP contribution < -0.4 is 0 Å². The van der Waals surface area contributed by atoms with Crippen LogP contribution in [0.1, 0.15) is 0 Å². The minimum atomic E-state index is 0.392. The van der Waals surface area contributed by atoms with Gasteiger partial charge in [-0.05, 0) is 29.8 Å². The molecule has 0 fully saturated rings. The van der Waals surface area contributed by atoms with E-state index in [2.05, 4.69) is 4.99 Å². The summed E-state index contributed by atoms with van der Waals surface area (Å²) in [6.07, 6.45) is 0. The fraction of sp³-hybridized carbons (Fsp3) is 0.222. The Morgan fingerprint density at radius 3 is 2.36 bits per heavy atom. The summed E-state index contributed by atoms with van der Waals surface area (Å²) < 4.78 is 0. The van der Waals surface area contributed by atoms with Gasteiger partial charge in [0, 0.05) is 14.1 Å². The maximum Gasteiger partial charge on any atom is 0.198 e. The number of hydrogen-bond acceptors (Lipinski definition) is 1. The average Bonchev–Trinajstić information content (AvgIpc) is 2.11. The van der Waals surface area contributed by atoms with Crippen LogP contribution in [0.25, 0.3) is 0 Å². The Labute approximate surface area is 98.1 Å². The van der Waals surface area contributed by atoms with Gasteiger partial charge in [-0.3, -0.25) is 0 Å². The first-order valence-corrected chi connectivity index (χ1v) is 5.00. The Balaban J connectivity index is 2.98. The van der Waals surface area contributed by atoms with Crippen LogP contribution in [0.3, 0.4) is 0 Å². The van der Waals surface area contributed by atoms with E-state index in [4.69, 9.17) is 34.8 Å². The summed E-state index contributed by atoms with van der Waals surface area (Å²) in [5, 5.41) is 1.37. The zero-order valence-electron chi connectivity index (χ0n) is 7.76. The third-order valence-corrected chi connectivity index (χ3v) is 2.66. The van der Waals surface area contributed by atoms with Crippen molar-refractivity contribution in [1.82, 2.24) is 4.90 Å². The quantitative estimate of drug-likeness (QED) is 0.421. The molecule has 2 nitrogen and oxygen atoms in total. The van der Waals surface area contributed by atoms with Gasteiger partial charge in [0.1, 0.15) is 0 Å². The highest BCUT2D eigenvalue weighted by molar-refractivity contribution is 6.64. The molecule has 0 spiro atoms. The third-order valence-electron chi connectivity index (χ3n) is 1.49. The Hall–Kier alpha value is -0.440. The minimum absolute atomic E-state index is 0.392. The highest BCUT2D eigenvalue weighted by Gasteiger charge is 2.00. The van der Waals surface area contributed by atoms with E-state index in [1.54, 1.807) is 23.1 Å². The number of aliphatic imine (C=N–C) groups is 1. The third kappa shape index (κ3) is 3.05. The lowest BCUT2D eigenvalue weighted by atomic mass is 10.3. The maximum atomic E-state index is 5.84. The molecular formula is C9H9Cl3N2. The van der Waals surface area contributed by atoms with E-state index < -0.39 is 0 Å². The van der Waals surface area contributed by atoms with E-state index >= 15 is 0 Å². The average molecular weight is 252 g/mol. The molecule has 1 aromatic carbocycles. The van der Waals surface area contributed by atoms with Gasteiger partial charge in [0.15, 0.2) is 5.29 Å². The molecule has 0 aliphatic rings. The number of nitrogens with zero attached hydrogens (tertiary/aromatic N) is 2. The fourth-order valence-electron chi connectivity index (χ4n) is 0.761. The van der Waals surface area contributed by atoms with E-state index in [0.717, 1.165) is 0 Å². The lowest BCUT2D eigenvalue weighted by molar-refractivity contribution is 0.635. The van der Waals surface area contributed by atoms with E-state index in [0.29, 0.717) is 21.0 Å². The summed E-state index contributed by atoms with van der Waals surface area (Å²) in [7, 11) is 3.62. The zero-order chi connectivity index (χ0) is 10.7. The second-order valence-corrected chi connectivity index (χ2v) is 4.03. The first kappa shape index (κ1) is 11.6. The first-order valence-electron chi connectivity index (χ1n) is 3.87. The number of benzene rings is 1. The molecule has 1 aromatic rings. The van der Waals surface area contributed by atoms with Crippen LogP contribution in [-0.2, 0) is 0 Å². The van der Waals surface area contributed by atoms with Gasteiger partial charge < -0.3 is 4.90 Å². The topological polar surface area (TPSA) is 15.6 Å². The predicted octanol–water partition coefficient (Wildman–Crippen LogP) is 3.78. The van der Waals surface area contributed by atoms with Crippen LogP contribution in [-0.4, -0.2) is 24.3 Å². The highest BCUT2D eigenvalue weighted by Crippen LogP contribution is 2.26. The van der Waals surface area contributed by atoms with Crippen molar-refractivity contribution in [2.75, 3.05) is 14.1 Å². The van der Waals surface area contributed by atoms with Crippen molar-refractivity contribution in [2.24, 2.45) is 4.99 Å². The molecule has 0 unspecified atom stereocenters. The molecule has 0 radical (unpaired) electrons. The summed E-state index contributed by atoms with van der Waals surface area (Å²) in [4.78, 5) is 5.82. The standard InChI is InChI=1S/C9H9Cl3N2/c1-14(2)9(12)13-6-3-4-7(10)8(11)5-6/h3-5H,1-2H3. The van der Waals surface area contributed by atoms with Gasteiger partial charge in [-0.1, -0.05) is 23.2 Å². The van der Waals surface area contributed by atoms with Gasteiger partial charge in [-0.15, -0.1) is 0 Å². The number of rotatable bonds is 1. The van der Waals surface area contributed by atoms with Gasteiger partial charge in [0.05, 0.1) is 15.7 Å². The summed E-state index contributed by atoms with van der Waals surface area (Å²) in [5.41, 5.74) is 0.679. The fourth-order valence-corrected chi connectivity index (χ4v) is 1.15. The maximum absolute atomic E-state index is 5.84. The van der Waals surface area contributed by atoms with Crippen LogP contribution in [0.2, 0.25) is 10.0 Å². The van der Waals surface area contributed by atoms with Crippen LogP contribution in [0.4, 0.5) is 5.69 Å². The lowest BCUT2D eigenvalue weighted by Crippen LogP contribution is -2.15. The molecule has 5 heteroatoms. The SMILES string of the molecule is CN(C)C(Cl)=Nc1ccc(Cl)c(Cl)c1. The molecule has 76 valence electrons. The van der Waals surface area contributed by atoms with Crippen LogP contribution in [0.15, 0.2) is 23.2 Å². The normalized spacial score (nSPS) is 11.6. The van der Waals surface area contributed by atoms with Crippen molar-refractivity contribution >= 4 is 45.8 Å². The number of amidine groups is 1. The molecule has 0 amide bonds. The number of hydrogen-bond donors (Lipinski definition) is 0. The van der Waals surface area contributed by atoms with Gasteiger partial charge in [-0.2, -0.15) is 0 Å². The summed E-state index contributed by atoms with van der Waals surface area (Å²) in [6.45, 7) is 0. The van der Waals surface area contributed by atoms with Crippen molar-refractivity contribution < 1.29 is 0 Å². The molecule has 0 heterocycles. The van der Waals surface area contributed by atoms with E-state index in [9.17, 15) is 0 Å². The van der Waals surface area contributed by atoms with E-state index in [1.807, 2.05) is 14.1 Å². The van der Waals surface area contributed by atoms with Gasteiger partial charge in [0.2, 0.25) is 0 Å². The minimum Gasteiger partial charge on any atom is -0.353 e. The molecule has 0 aliphatic heterocycles. The highest BCUT2D eigenvalue weighted by atomic mass is 35.5. The molecule has 0 N–H and O–H groups in total. The second-order valence-electron chi connectivity index (χ2n) is 2.87. The van der Waals surface area contributed by atoms with Gasteiger partial charge in [0.25, 0.3) is 0 Å². The van der Waals surface area contributed by atoms with Crippen molar-refractivity contribution in [2.45, 2.75) is 0 Å². The Morgan fingerprint density at radius 2 is 1.86 bits per heavy atom. The van der Waals surface area contributed by atoms with Crippen molar-refractivity contribution in [3.05, 3.63) is 28.2 Å². The predicted molar refractivity (Wildman–Crippen MR) is 63.1 cm³/mol. The van der Waals surface area contributed by atoms with E-state index in [-0.39, 0.29) is 0 Å². The summed E-state index contributed by atoms with van der Waals surface area (Å²) in [6, 6.07) is 5.10. The Morgan fingerprint density at radius 1 is 1.21 bits per heavy atom. The van der Waals surface area contributed by atoms with Crippen molar-refractivity contribution in [3.8, 4) is 0 Å². The van der Waals surface area contributed by atoms with Gasteiger partial charge in [-0.25, -0.2) is 4.99 Å². The first-order chi connectivity index (χ1) is 6.50.